The van der Waals surface area contributed by atoms with Crippen LogP contribution >= 0.6 is 11.3 Å². The third kappa shape index (κ3) is 3.55. The first-order valence-corrected chi connectivity index (χ1v) is 6.75. The van der Waals surface area contributed by atoms with E-state index in [-0.39, 0.29) is 11.5 Å². The molecule has 7 heteroatoms. The summed E-state index contributed by atoms with van der Waals surface area (Å²) in [7, 11) is 0. The Morgan fingerprint density at radius 3 is 2.55 bits per heavy atom. The average Bonchev–Trinajstić information content (AvgIpc) is 2.86. The van der Waals surface area contributed by atoms with Crippen LogP contribution in [0.1, 0.15) is 26.4 Å². The van der Waals surface area contributed by atoms with E-state index in [1.54, 1.807) is 29.6 Å². The van der Waals surface area contributed by atoms with Crippen molar-refractivity contribution in [1.82, 2.24) is 10.3 Å². The zero-order chi connectivity index (χ0) is 14.5. The van der Waals surface area contributed by atoms with Crippen LogP contribution in [0.15, 0.2) is 29.6 Å². The highest BCUT2D eigenvalue weighted by atomic mass is 32.1. The second-order valence-corrected chi connectivity index (χ2v) is 4.97. The van der Waals surface area contributed by atoms with Gasteiger partial charge in [-0.05, 0) is 24.1 Å². The van der Waals surface area contributed by atoms with Crippen LogP contribution in [0.5, 0.6) is 0 Å². The number of hydrogen-bond donors (Lipinski definition) is 3. The minimum atomic E-state index is -0.953. The van der Waals surface area contributed by atoms with Crippen molar-refractivity contribution in [2.24, 2.45) is 0 Å². The summed E-state index contributed by atoms with van der Waals surface area (Å²) in [5.41, 5.74) is 6.97. The van der Waals surface area contributed by atoms with Crippen molar-refractivity contribution in [3.05, 3.63) is 46.5 Å². The summed E-state index contributed by atoms with van der Waals surface area (Å²) in [6, 6.07) is 6.55. The molecule has 1 amide bonds. The second kappa shape index (κ2) is 6.16. The number of carboxylic acids is 1. The number of carbonyl (C=O) groups is 2. The van der Waals surface area contributed by atoms with Crippen LogP contribution in [0.25, 0.3) is 0 Å². The molecule has 2 rings (SSSR count). The number of aromatic nitrogens is 1. The van der Waals surface area contributed by atoms with Crippen molar-refractivity contribution in [3.8, 4) is 0 Å². The number of carbonyl (C=O) groups excluding carboxylic acids is 1. The Hall–Kier alpha value is -2.41. The van der Waals surface area contributed by atoms with Gasteiger partial charge >= 0.3 is 5.97 Å². The molecule has 0 bridgehead atoms. The Kier molecular flexibility index (Phi) is 4.31. The smallest absolute Gasteiger partial charge is 0.335 e. The number of thiazole rings is 1. The molecule has 0 radical (unpaired) electrons. The van der Waals surface area contributed by atoms with E-state index >= 15 is 0 Å². The lowest BCUT2D eigenvalue weighted by atomic mass is 10.1. The standard InChI is InChI=1S/C13H13N3O3S/c14-13-16-10(7-20-13)11(17)15-6-5-8-1-3-9(4-2-8)12(18)19/h1-4,7H,5-6H2,(H2,14,16)(H,15,17)(H,18,19). The molecule has 0 aliphatic rings. The molecule has 0 unspecified atom stereocenters. The number of nitrogens with one attached hydrogen (secondary N) is 1. The SMILES string of the molecule is Nc1nc(C(=O)NCCc2ccc(C(=O)O)cc2)cs1. The number of aromatic carboxylic acids is 1. The Morgan fingerprint density at radius 1 is 1.30 bits per heavy atom. The van der Waals surface area contributed by atoms with Gasteiger partial charge in [0, 0.05) is 11.9 Å². The lowest BCUT2D eigenvalue weighted by Crippen LogP contribution is -2.26. The van der Waals surface area contributed by atoms with E-state index in [2.05, 4.69) is 10.3 Å². The van der Waals surface area contributed by atoms with Gasteiger partial charge in [0.05, 0.1) is 5.56 Å². The van der Waals surface area contributed by atoms with Crippen molar-refractivity contribution >= 4 is 28.3 Å². The summed E-state index contributed by atoms with van der Waals surface area (Å²) >= 11 is 1.22. The molecule has 1 aromatic heterocycles. The maximum absolute atomic E-state index is 11.7. The van der Waals surface area contributed by atoms with Gasteiger partial charge in [0.1, 0.15) is 5.69 Å². The quantitative estimate of drug-likeness (QED) is 0.772. The molecule has 4 N–H and O–H groups in total. The van der Waals surface area contributed by atoms with Crippen LogP contribution in [-0.2, 0) is 6.42 Å². The summed E-state index contributed by atoms with van der Waals surface area (Å²) in [6.45, 7) is 0.447. The molecule has 0 aliphatic carbocycles. The summed E-state index contributed by atoms with van der Waals surface area (Å²) in [4.78, 5) is 26.3. The first-order valence-electron chi connectivity index (χ1n) is 5.87. The van der Waals surface area contributed by atoms with E-state index in [1.807, 2.05) is 0 Å². The predicted octanol–water partition coefficient (Wildman–Crippen LogP) is 1.40. The van der Waals surface area contributed by atoms with Gasteiger partial charge < -0.3 is 16.2 Å². The first-order chi connectivity index (χ1) is 9.56. The Balaban J connectivity index is 1.83. The number of carboxylic acid groups (broad SMARTS) is 1. The van der Waals surface area contributed by atoms with Gasteiger partial charge in [-0.25, -0.2) is 9.78 Å². The fourth-order valence-electron chi connectivity index (χ4n) is 1.62. The minimum Gasteiger partial charge on any atom is -0.478 e. The van der Waals surface area contributed by atoms with Crippen molar-refractivity contribution in [1.29, 1.82) is 0 Å². The van der Waals surface area contributed by atoms with Crippen molar-refractivity contribution in [2.45, 2.75) is 6.42 Å². The highest BCUT2D eigenvalue weighted by molar-refractivity contribution is 7.13. The molecule has 0 saturated carbocycles. The number of anilines is 1. The van der Waals surface area contributed by atoms with E-state index in [0.29, 0.717) is 23.8 Å². The van der Waals surface area contributed by atoms with Gasteiger partial charge in [-0.3, -0.25) is 4.79 Å². The zero-order valence-electron chi connectivity index (χ0n) is 10.5. The Labute approximate surface area is 119 Å². The van der Waals surface area contributed by atoms with Crippen LogP contribution in [0.3, 0.4) is 0 Å². The number of nitrogen functional groups attached to an aromatic ring is 1. The van der Waals surface area contributed by atoms with Crippen LogP contribution in [0.4, 0.5) is 5.13 Å². The lowest BCUT2D eigenvalue weighted by molar-refractivity contribution is 0.0696. The summed E-state index contributed by atoms with van der Waals surface area (Å²) in [6.07, 6.45) is 0.616. The van der Waals surface area contributed by atoms with Crippen LogP contribution in [0, 0.1) is 0 Å². The van der Waals surface area contributed by atoms with E-state index in [9.17, 15) is 9.59 Å². The van der Waals surface area contributed by atoms with Gasteiger partial charge in [-0.15, -0.1) is 11.3 Å². The zero-order valence-corrected chi connectivity index (χ0v) is 11.3. The van der Waals surface area contributed by atoms with E-state index in [0.717, 1.165) is 5.56 Å². The topological polar surface area (TPSA) is 105 Å². The monoisotopic (exact) mass is 291 g/mol. The van der Waals surface area contributed by atoms with Gasteiger partial charge in [-0.1, -0.05) is 12.1 Å². The van der Waals surface area contributed by atoms with Crippen LogP contribution in [0.2, 0.25) is 0 Å². The number of rotatable bonds is 5. The molecule has 20 heavy (non-hydrogen) atoms. The summed E-state index contributed by atoms with van der Waals surface area (Å²) < 4.78 is 0. The fourth-order valence-corrected chi connectivity index (χ4v) is 2.16. The maximum atomic E-state index is 11.7. The third-order valence-corrected chi connectivity index (χ3v) is 3.33. The molecule has 104 valence electrons. The molecule has 0 atom stereocenters. The van der Waals surface area contributed by atoms with Crippen LogP contribution < -0.4 is 11.1 Å². The normalized spacial score (nSPS) is 10.2. The van der Waals surface area contributed by atoms with Gasteiger partial charge in [0.15, 0.2) is 5.13 Å². The first kappa shape index (κ1) is 14.0. The number of hydrogen-bond acceptors (Lipinski definition) is 5. The van der Waals surface area contributed by atoms with Gasteiger partial charge in [0.2, 0.25) is 0 Å². The van der Waals surface area contributed by atoms with Gasteiger partial charge in [-0.2, -0.15) is 0 Å². The molecular formula is C13H13N3O3S. The lowest BCUT2D eigenvalue weighted by Gasteiger charge is -2.04. The highest BCUT2D eigenvalue weighted by Crippen LogP contribution is 2.10. The molecule has 2 aromatic rings. The largest absolute Gasteiger partial charge is 0.478 e. The third-order valence-electron chi connectivity index (χ3n) is 2.65. The van der Waals surface area contributed by atoms with E-state index in [1.165, 1.54) is 11.3 Å². The number of nitrogens with zero attached hydrogens (tertiary/aromatic N) is 1. The highest BCUT2D eigenvalue weighted by Gasteiger charge is 2.08. The molecule has 1 heterocycles. The molecule has 0 spiro atoms. The predicted molar refractivity (Wildman–Crippen MR) is 76.0 cm³/mol. The van der Waals surface area contributed by atoms with Crippen LogP contribution in [-0.4, -0.2) is 28.5 Å². The fraction of sp³-hybridized carbons (Fsp3) is 0.154. The maximum Gasteiger partial charge on any atom is 0.335 e. The summed E-state index contributed by atoms with van der Waals surface area (Å²) in [5.74, 6) is -1.22. The number of amides is 1. The molecule has 0 saturated heterocycles. The number of benzene rings is 1. The number of nitrogens with two attached hydrogens (primary N) is 1. The summed E-state index contributed by atoms with van der Waals surface area (Å²) in [5, 5.41) is 13.5. The molecular weight excluding hydrogens is 278 g/mol. The van der Waals surface area contributed by atoms with Crippen molar-refractivity contribution in [2.75, 3.05) is 12.3 Å². The molecule has 6 nitrogen and oxygen atoms in total. The second-order valence-electron chi connectivity index (χ2n) is 4.08. The Morgan fingerprint density at radius 2 is 2.00 bits per heavy atom. The minimum absolute atomic E-state index is 0.246. The van der Waals surface area contributed by atoms with Gasteiger partial charge in [0.25, 0.3) is 5.91 Å². The van der Waals surface area contributed by atoms with E-state index in [4.69, 9.17) is 10.8 Å². The Bertz CT molecular complexity index is 622. The average molecular weight is 291 g/mol. The van der Waals surface area contributed by atoms with Crippen molar-refractivity contribution < 1.29 is 14.7 Å². The molecule has 0 aliphatic heterocycles. The molecule has 1 aromatic carbocycles. The van der Waals surface area contributed by atoms with Crippen molar-refractivity contribution in [3.63, 3.8) is 0 Å². The van der Waals surface area contributed by atoms with E-state index < -0.39 is 5.97 Å². The molecule has 0 fully saturated rings.